The molecule has 1 unspecified atom stereocenters. The average Bonchev–Trinajstić information content (AvgIpc) is 3.79. The molecule has 2 aliphatic heterocycles. The number of alkyl halides is 3. The monoisotopic (exact) mass is 1030 g/mol. The molecule has 15 nitrogen and oxygen atoms in total. The summed E-state index contributed by atoms with van der Waals surface area (Å²) < 4.78 is 103. The van der Waals surface area contributed by atoms with Crippen LogP contribution in [0.15, 0.2) is 101 Å². The highest BCUT2D eigenvalue weighted by Crippen LogP contribution is 2.44. The molecule has 2 saturated heterocycles. The Balaban J connectivity index is 1.02. The number of benzene rings is 3. The van der Waals surface area contributed by atoms with Crippen molar-refractivity contribution in [2.24, 2.45) is 5.41 Å². The number of pyridine rings is 1. The van der Waals surface area contributed by atoms with Gasteiger partial charge in [-0.1, -0.05) is 36.2 Å². The molecule has 70 heavy (non-hydrogen) atoms. The fraction of sp³-hybridized carbons (Fsp3) is 0.429. The fourth-order valence-electron chi connectivity index (χ4n) is 9.54. The van der Waals surface area contributed by atoms with Crippen LogP contribution in [0.25, 0.3) is 16.6 Å². The molecule has 4 heterocycles. The number of halogens is 4. The zero-order valence-corrected chi connectivity index (χ0v) is 41.8. The van der Waals surface area contributed by atoms with Gasteiger partial charge in [-0.15, -0.1) is 0 Å². The minimum Gasteiger partial charge on any atom is -0.455 e. The van der Waals surface area contributed by atoms with Gasteiger partial charge in [0.15, 0.2) is 0 Å². The van der Waals surface area contributed by atoms with Gasteiger partial charge < -0.3 is 35.1 Å². The molecule has 1 amide bonds. The van der Waals surface area contributed by atoms with Crippen LogP contribution in [0.3, 0.4) is 0 Å². The summed E-state index contributed by atoms with van der Waals surface area (Å²) in [6, 6.07) is 18.7. The topological polar surface area (TPSA) is 172 Å². The molecule has 0 bridgehead atoms. The van der Waals surface area contributed by atoms with Crippen LogP contribution in [-0.4, -0.2) is 146 Å². The second-order valence-corrected chi connectivity index (χ2v) is 22.9. The number of carbonyl (C=O) groups is 1. The second-order valence-electron chi connectivity index (χ2n) is 18.9. The number of hydrogen-bond acceptors (Lipinski definition) is 13. The zero-order valence-electron chi connectivity index (χ0n) is 39.4. The van der Waals surface area contributed by atoms with Crippen molar-refractivity contribution >= 4 is 65.3 Å². The Hall–Kier alpha value is -5.22. The molecule has 1 atom stereocenters. The van der Waals surface area contributed by atoms with Crippen LogP contribution < -0.4 is 25.0 Å². The normalized spacial score (nSPS) is 18.9. The molecule has 0 radical (unpaired) electrons. The van der Waals surface area contributed by atoms with E-state index in [2.05, 4.69) is 54.4 Å². The summed E-state index contributed by atoms with van der Waals surface area (Å²) in [6.45, 7) is 11.8. The standard InChI is InChI=1S/C49H59ClF3N9O6S2/c1-48(33-61-21-18-54-19-22-61)15-13-41(34-5-7-37(50)8-6-34)36(30-48)32-60-23-25-62(26-24-60)38-9-11-42(44(28-38)68-39-27-35-14-17-56-46(35)57-31-39)47(63)58-70(66,67)40-10-12-43(55-16-4-20-59(2)3)45(29-40)69(64,65)49(51,52)53/h5-12,14,17,27-29,31,54-55H,4,13,15-16,18-26,30,32-33H2,1-3H3,(H,56,57)(H,58,63). The maximum Gasteiger partial charge on any atom is 0.501 e. The van der Waals surface area contributed by atoms with Crippen molar-refractivity contribution in [3.63, 3.8) is 0 Å². The highest BCUT2D eigenvalue weighted by molar-refractivity contribution is 7.92. The predicted molar refractivity (Wildman–Crippen MR) is 267 cm³/mol. The Labute approximate surface area is 412 Å². The minimum atomic E-state index is -6.02. The molecule has 376 valence electrons. The van der Waals surface area contributed by atoms with E-state index in [1.807, 2.05) is 21.8 Å². The first-order valence-corrected chi connectivity index (χ1v) is 26.6. The number of amides is 1. The Kier molecular flexibility index (Phi) is 15.5. The van der Waals surface area contributed by atoms with E-state index in [0.717, 1.165) is 89.1 Å². The largest absolute Gasteiger partial charge is 0.501 e. The third-order valence-electron chi connectivity index (χ3n) is 13.2. The third kappa shape index (κ3) is 12.1. The van der Waals surface area contributed by atoms with Gasteiger partial charge in [0.1, 0.15) is 22.0 Å². The van der Waals surface area contributed by atoms with Gasteiger partial charge >= 0.3 is 5.51 Å². The van der Waals surface area contributed by atoms with Crippen molar-refractivity contribution in [1.29, 1.82) is 0 Å². The van der Waals surface area contributed by atoms with E-state index in [1.54, 1.807) is 44.6 Å². The van der Waals surface area contributed by atoms with E-state index >= 15 is 0 Å². The number of sulfone groups is 1. The molecular formula is C49H59ClF3N9O6S2. The van der Waals surface area contributed by atoms with Crippen LogP contribution in [0.4, 0.5) is 24.5 Å². The number of piperazine rings is 2. The van der Waals surface area contributed by atoms with E-state index in [0.29, 0.717) is 48.5 Å². The molecule has 21 heteroatoms. The highest BCUT2D eigenvalue weighted by Gasteiger charge is 2.48. The van der Waals surface area contributed by atoms with Crippen molar-refractivity contribution in [1.82, 2.24) is 34.7 Å². The molecule has 3 aromatic carbocycles. The predicted octanol–water partition coefficient (Wildman–Crippen LogP) is 7.46. The molecule has 3 aliphatic rings. The first-order valence-electron chi connectivity index (χ1n) is 23.3. The number of H-pyrrole nitrogens is 1. The molecule has 0 spiro atoms. The number of aromatic nitrogens is 2. The quantitative estimate of drug-likeness (QED) is 0.0678. The number of sulfonamides is 1. The van der Waals surface area contributed by atoms with Gasteiger partial charge in [0.05, 0.1) is 22.3 Å². The number of rotatable bonds is 17. The van der Waals surface area contributed by atoms with Gasteiger partial charge in [0, 0.05) is 100 Å². The summed E-state index contributed by atoms with van der Waals surface area (Å²) in [6.07, 6.45) is 6.69. The van der Waals surface area contributed by atoms with Crippen LogP contribution >= 0.6 is 11.6 Å². The summed E-state index contributed by atoms with van der Waals surface area (Å²) in [7, 11) is -7.38. The fourth-order valence-corrected chi connectivity index (χ4v) is 11.7. The SMILES string of the molecule is CN(C)CCCNc1ccc(S(=O)(=O)NC(=O)c2ccc(N3CCN(CC4=C(c5ccc(Cl)cc5)CCC(C)(CN5CCNCC5)C4)CC3)cc2Oc2cnc3[nH]ccc3c2)cc1S(=O)(=O)C(F)(F)F. The summed E-state index contributed by atoms with van der Waals surface area (Å²) >= 11 is 6.31. The summed E-state index contributed by atoms with van der Waals surface area (Å²) in [5.41, 5.74) is -0.901. The lowest BCUT2D eigenvalue weighted by molar-refractivity contribution is -0.0435. The van der Waals surface area contributed by atoms with E-state index in [9.17, 15) is 34.8 Å². The van der Waals surface area contributed by atoms with Gasteiger partial charge in [0.25, 0.3) is 25.8 Å². The van der Waals surface area contributed by atoms with E-state index in [-0.39, 0.29) is 29.0 Å². The smallest absolute Gasteiger partial charge is 0.455 e. The average molecular weight is 1030 g/mol. The zero-order chi connectivity index (χ0) is 49.8. The lowest BCUT2D eigenvalue weighted by atomic mass is 9.71. The molecule has 2 fully saturated rings. The van der Waals surface area contributed by atoms with E-state index in [4.69, 9.17) is 16.3 Å². The molecule has 0 saturated carbocycles. The number of nitrogens with zero attached hydrogens (tertiary/aromatic N) is 5. The number of aromatic amines is 1. The number of fused-ring (bicyclic) bond motifs is 1. The van der Waals surface area contributed by atoms with E-state index < -0.39 is 46.8 Å². The molecule has 2 aromatic heterocycles. The second kappa shape index (κ2) is 21.2. The number of anilines is 2. The Bertz CT molecular complexity index is 2940. The summed E-state index contributed by atoms with van der Waals surface area (Å²) in [5, 5.41) is 7.57. The van der Waals surface area contributed by atoms with Crippen molar-refractivity contribution in [3.8, 4) is 11.5 Å². The lowest BCUT2D eigenvalue weighted by Gasteiger charge is -2.43. The number of carbonyl (C=O) groups excluding carboxylic acids is 1. The van der Waals surface area contributed by atoms with Gasteiger partial charge in [-0.25, -0.2) is 26.5 Å². The molecular weight excluding hydrogens is 967 g/mol. The van der Waals surface area contributed by atoms with Crippen LogP contribution in [-0.2, 0) is 19.9 Å². The van der Waals surface area contributed by atoms with Crippen LogP contribution in [0.2, 0.25) is 5.02 Å². The van der Waals surface area contributed by atoms with Gasteiger partial charge in [-0.05, 0) is 117 Å². The Morgan fingerprint density at radius 3 is 2.39 bits per heavy atom. The van der Waals surface area contributed by atoms with Crippen LogP contribution in [0.1, 0.15) is 48.5 Å². The Morgan fingerprint density at radius 1 is 0.929 bits per heavy atom. The minimum absolute atomic E-state index is 0.00864. The van der Waals surface area contributed by atoms with Crippen molar-refractivity contribution in [2.75, 3.05) is 103 Å². The Morgan fingerprint density at radius 2 is 1.67 bits per heavy atom. The van der Waals surface area contributed by atoms with Crippen LogP contribution in [0.5, 0.6) is 11.5 Å². The third-order valence-corrected chi connectivity index (χ3v) is 16.3. The van der Waals surface area contributed by atoms with Crippen molar-refractivity contribution in [2.45, 2.75) is 47.9 Å². The first-order chi connectivity index (χ1) is 33.3. The molecule has 8 rings (SSSR count). The van der Waals surface area contributed by atoms with Gasteiger partial charge in [-0.2, -0.15) is 13.2 Å². The molecule has 5 aromatic rings. The summed E-state index contributed by atoms with van der Waals surface area (Å²) in [4.78, 5) is 28.3. The van der Waals surface area contributed by atoms with Crippen molar-refractivity contribution in [3.05, 3.63) is 107 Å². The first kappa shape index (κ1) is 51.1. The lowest BCUT2D eigenvalue weighted by Crippen LogP contribution is -2.49. The van der Waals surface area contributed by atoms with Gasteiger partial charge in [-0.3, -0.25) is 9.69 Å². The number of hydrogen-bond donors (Lipinski definition) is 4. The van der Waals surface area contributed by atoms with Crippen molar-refractivity contribution < 1.29 is 39.5 Å². The maximum atomic E-state index is 14.0. The maximum absolute atomic E-state index is 14.0. The van der Waals surface area contributed by atoms with E-state index in [1.165, 1.54) is 29.0 Å². The molecule has 4 N–H and O–H groups in total. The summed E-state index contributed by atoms with van der Waals surface area (Å²) in [5.74, 6) is -0.914. The van der Waals surface area contributed by atoms with Gasteiger partial charge in [0.2, 0.25) is 0 Å². The number of allylic oxidation sites excluding steroid dienone is 1. The van der Waals surface area contributed by atoms with Crippen LogP contribution in [0, 0.1) is 5.41 Å². The molecule has 1 aliphatic carbocycles. The number of nitrogens with one attached hydrogen (secondary N) is 4. The number of ether oxygens (including phenoxy) is 1. The highest BCUT2D eigenvalue weighted by atomic mass is 35.5.